The van der Waals surface area contributed by atoms with Gasteiger partial charge in [-0.3, -0.25) is 14.9 Å². The first kappa shape index (κ1) is 19.7. The summed E-state index contributed by atoms with van der Waals surface area (Å²) >= 11 is 0. The molecule has 3 N–H and O–H groups in total. The minimum Gasteiger partial charge on any atom is -0.354 e. The van der Waals surface area contributed by atoms with E-state index in [4.69, 9.17) is 0 Å². The van der Waals surface area contributed by atoms with Gasteiger partial charge in [0.1, 0.15) is 0 Å². The highest BCUT2D eigenvalue weighted by Gasteiger charge is 2.49. The molecule has 27 heavy (non-hydrogen) atoms. The second kappa shape index (κ2) is 7.91. The maximum Gasteiger partial charge on any atom is 0.289 e. The topological polar surface area (TPSA) is 130 Å². The first-order valence-electron chi connectivity index (χ1n) is 9.09. The van der Waals surface area contributed by atoms with E-state index in [2.05, 4.69) is 15.4 Å². The lowest BCUT2D eigenvalue weighted by molar-refractivity contribution is -0.387. The quantitative estimate of drug-likeness (QED) is 0.354. The van der Waals surface area contributed by atoms with Crippen LogP contribution in [0.4, 0.5) is 5.69 Å². The van der Waals surface area contributed by atoms with Crippen molar-refractivity contribution in [3.05, 3.63) is 34.4 Å². The third-order valence-electron chi connectivity index (χ3n) is 5.54. The van der Waals surface area contributed by atoms with Crippen LogP contribution >= 0.6 is 0 Å². The molecule has 9 nitrogen and oxygen atoms in total. The van der Waals surface area contributed by atoms with Gasteiger partial charge in [-0.1, -0.05) is 25.0 Å². The van der Waals surface area contributed by atoms with Gasteiger partial charge in [0, 0.05) is 25.7 Å². The van der Waals surface area contributed by atoms with Crippen molar-refractivity contribution in [2.45, 2.75) is 30.6 Å². The molecule has 1 saturated heterocycles. The number of hydrogen-bond acceptors (Lipinski definition) is 6. The molecule has 0 unspecified atom stereocenters. The first-order chi connectivity index (χ1) is 12.9. The number of rotatable bonds is 7. The molecule has 2 atom stereocenters. The number of nitrogens with zero attached hydrogens (tertiary/aromatic N) is 1. The molecule has 3 rings (SSSR count). The Morgan fingerprint density at radius 1 is 1.30 bits per heavy atom. The second-order valence-electron chi connectivity index (χ2n) is 7.11. The van der Waals surface area contributed by atoms with E-state index in [-0.39, 0.29) is 23.9 Å². The monoisotopic (exact) mass is 396 g/mol. The van der Waals surface area contributed by atoms with Gasteiger partial charge in [-0.05, 0) is 31.4 Å². The van der Waals surface area contributed by atoms with Crippen LogP contribution in [0.2, 0.25) is 0 Å². The molecule has 1 amide bonds. The highest BCUT2D eigenvalue weighted by Crippen LogP contribution is 2.43. The van der Waals surface area contributed by atoms with Crippen LogP contribution in [0.25, 0.3) is 0 Å². The van der Waals surface area contributed by atoms with Gasteiger partial charge in [-0.2, -0.15) is 0 Å². The predicted octanol–water partition coefficient (Wildman–Crippen LogP) is 0.769. The first-order valence-corrected chi connectivity index (χ1v) is 10.6. The lowest BCUT2D eigenvalue weighted by atomic mass is 9.67. The summed E-state index contributed by atoms with van der Waals surface area (Å²) in [5.41, 5.74) is -0.870. The summed E-state index contributed by atoms with van der Waals surface area (Å²) in [6.07, 6.45) is 4.04. The molecule has 0 spiro atoms. The van der Waals surface area contributed by atoms with Gasteiger partial charge in [0.05, 0.1) is 10.3 Å². The molecule has 1 aromatic rings. The zero-order chi connectivity index (χ0) is 19.5. The van der Waals surface area contributed by atoms with E-state index >= 15 is 0 Å². The van der Waals surface area contributed by atoms with E-state index < -0.39 is 26.0 Å². The fourth-order valence-electron chi connectivity index (χ4n) is 4.14. The van der Waals surface area contributed by atoms with Gasteiger partial charge < -0.3 is 10.6 Å². The Labute approximate surface area is 158 Å². The maximum atomic E-state index is 12.7. The van der Waals surface area contributed by atoms with E-state index in [1.54, 1.807) is 0 Å². The van der Waals surface area contributed by atoms with E-state index in [1.807, 2.05) is 0 Å². The van der Waals surface area contributed by atoms with Crippen LogP contribution in [0.15, 0.2) is 29.2 Å². The van der Waals surface area contributed by atoms with Crippen LogP contribution in [0.1, 0.15) is 25.7 Å². The van der Waals surface area contributed by atoms with Crippen molar-refractivity contribution < 1.29 is 18.1 Å². The Morgan fingerprint density at radius 2 is 2.07 bits per heavy atom. The summed E-state index contributed by atoms with van der Waals surface area (Å²) in [6, 6.07) is 5.17. The highest BCUT2D eigenvalue weighted by molar-refractivity contribution is 7.89. The number of para-hydroxylation sites is 1. The molecule has 148 valence electrons. The van der Waals surface area contributed by atoms with Crippen molar-refractivity contribution in [2.24, 2.45) is 11.3 Å². The van der Waals surface area contributed by atoms with Gasteiger partial charge in [0.15, 0.2) is 4.90 Å². The smallest absolute Gasteiger partial charge is 0.289 e. The molecule has 10 heteroatoms. The van der Waals surface area contributed by atoms with Crippen LogP contribution in [0.5, 0.6) is 0 Å². The fourth-order valence-corrected chi connectivity index (χ4v) is 5.34. The summed E-state index contributed by atoms with van der Waals surface area (Å²) in [6.45, 7) is 1.60. The van der Waals surface area contributed by atoms with Crippen molar-refractivity contribution in [1.82, 2.24) is 15.4 Å². The Balaban J connectivity index is 1.57. The van der Waals surface area contributed by atoms with Gasteiger partial charge in [-0.25, -0.2) is 13.1 Å². The van der Waals surface area contributed by atoms with Crippen molar-refractivity contribution in [3.8, 4) is 0 Å². The third kappa shape index (κ3) is 3.97. The van der Waals surface area contributed by atoms with Crippen LogP contribution < -0.4 is 15.4 Å². The van der Waals surface area contributed by atoms with Crippen molar-refractivity contribution in [3.63, 3.8) is 0 Å². The van der Waals surface area contributed by atoms with E-state index in [1.165, 1.54) is 18.2 Å². The van der Waals surface area contributed by atoms with Crippen molar-refractivity contribution in [2.75, 3.05) is 26.2 Å². The number of benzene rings is 1. The SMILES string of the molecule is O=C(NCCNS(=O)(=O)c1ccccc1[N+](=O)[O-])[C@@]12CCCC[C@H]1CNC2. The van der Waals surface area contributed by atoms with Crippen molar-refractivity contribution in [1.29, 1.82) is 0 Å². The lowest BCUT2D eigenvalue weighted by Crippen LogP contribution is -2.49. The number of carbonyl (C=O) groups is 1. The molecule has 1 saturated carbocycles. The molecular formula is C17H24N4O5S. The van der Waals surface area contributed by atoms with Gasteiger partial charge in [-0.15, -0.1) is 0 Å². The second-order valence-corrected chi connectivity index (χ2v) is 8.84. The minimum absolute atomic E-state index is 0.0334. The molecule has 1 aliphatic carbocycles. The predicted molar refractivity (Wildman–Crippen MR) is 98.6 cm³/mol. The molecule has 0 radical (unpaired) electrons. The van der Waals surface area contributed by atoms with Crippen molar-refractivity contribution >= 4 is 21.6 Å². The molecule has 0 aromatic heterocycles. The number of hydrogen-bond donors (Lipinski definition) is 3. The van der Waals surface area contributed by atoms with Crippen LogP contribution in [0, 0.1) is 21.4 Å². The maximum absolute atomic E-state index is 12.7. The minimum atomic E-state index is -4.03. The standard InChI is InChI=1S/C17H24N4O5S/c22-16(17-8-4-3-5-13(17)11-18-12-17)19-9-10-20-27(25,26)15-7-2-1-6-14(15)21(23)24/h1-2,6-7,13,18,20H,3-5,8-12H2,(H,19,22)/t13-,17+/m0/s1. The van der Waals surface area contributed by atoms with E-state index in [0.717, 1.165) is 38.3 Å². The Bertz CT molecular complexity index is 828. The molecule has 1 aliphatic heterocycles. The molecule has 1 heterocycles. The largest absolute Gasteiger partial charge is 0.354 e. The number of nitro benzene ring substituents is 1. The summed E-state index contributed by atoms with van der Waals surface area (Å²) in [7, 11) is -4.03. The number of nitro groups is 1. The molecule has 1 aromatic carbocycles. The van der Waals surface area contributed by atoms with Crippen LogP contribution in [-0.4, -0.2) is 45.4 Å². The van der Waals surface area contributed by atoms with Crippen LogP contribution in [0.3, 0.4) is 0 Å². The van der Waals surface area contributed by atoms with E-state index in [9.17, 15) is 23.3 Å². The molecular weight excluding hydrogens is 372 g/mol. The number of sulfonamides is 1. The number of fused-ring (bicyclic) bond motifs is 1. The summed E-state index contributed by atoms with van der Waals surface area (Å²) in [5.74, 6) is 0.289. The van der Waals surface area contributed by atoms with Gasteiger partial charge >= 0.3 is 0 Å². The summed E-state index contributed by atoms with van der Waals surface area (Å²) in [5, 5.41) is 17.2. The average Bonchev–Trinajstić information content (AvgIpc) is 3.10. The zero-order valence-electron chi connectivity index (χ0n) is 14.9. The Hall–Kier alpha value is -2.04. The molecule has 2 aliphatic rings. The normalized spacial score (nSPS) is 25.0. The molecule has 0 bridgehead atoms. The number of nitrogens with one attached hydrogen (secondary N) is 3. The highest BCUT2D eigenvalue weighted by atomic mass is 32.2. The van der Waals surface area contributed by atoms with E-state index in [0.29, 0.717) is 12.5 Å². The summed E-state index contributed by atoms with van der Waals surface area (Å²) in [4.78, 5) is 22.6. The average molecular weight is 396 g/mol. The fraction of sp³-hybridized carbons (Fsp3) is 0.588. The Kier molecular flexibility index (Phi) is 5.78. The van der Waals surface area contributed by atoms with Gasteiger partial charge in [0.25, 0.3) is 5.69 Å². The molecule has 2 fully saturated rings. The Morgan fingerprint density at radius 3 is 2.85 bits per heavy atom. The summed E-state index contributed by atoms with van der Waals surface area (Å²) < 4.78 is 27.0. The van der Waals surface area contributed by atoms with Gasteiger partial charge in [0.2, 0.25) is 15.9 Å². The zero-order valence-corrected chi connectivity index (χ0v) is 15.8. The number of amides is 1. The number of carbonyl (C=O) groups excluding carboxylic acids is 1. The van der Waals surface area contributed by atoms with Crippen LogP contribution in [-0.2, 0) is 14.8 Å². The lowest BCUT2D eigenvalue weighted by Gasteiger charge is -2.37. The third-order valence-corrected chi connectivity index (χ3v) is 7.05.